The predicted octanol–water partition coefficient (Wildman–Crippen LogP) is 2.84. The van der Waals surface area contributed by atoms with Gasteiger partial charge in [0.1, 0.15) is 0 Å². The molecule has 1 unspecified atom stereocenters. The standard InChI is InChI=1S/C20H27N5O2.HI/c1-3-27-19(26)17-8-7-11-24(15-17)20(21-2)22-12-16-13-23-25(14-16)18-9-5-4-6-10-18;/h4-6,9-10,13-14,17H,3,7-8,11-12,15H2,1-2H3,(H,21,22);1H. The molecule has 1 aliphatic rings. The highest BCUT2D eigenvalue weighted by Gasteiger charge is 2.28. The Bertz CT molecular complexity index is 778. The van der Waals surface area contributed by atoms with E-state index in [1.54, 1.807) is 7.05 Å². The van der Waals surface area contributed by atoms with Crippen LogP contribution in [0.15, 0.2) is 47.7 Å². The van der Waals surface area contributed by atoms with Crippen molar-refractivity contribution in [1.82, 2.24) is 20.0 Å². The summed E-state index contributed by atoms with van der Waals surface area (Å²) < 4.78 is 7.04. The number of rotatable bonds is 5. The third kappa shape index (κ3) is 5.70. The van der Waals surface area contributed by atoms with E-state index in [1.807, 2.05) is 54.3 Å². The first-order valence-corrected chi connectivity index (χ1v) is 9.42. The maximum absolute atomic E-state index is 12.1. The normalized spacial score (nSPS) is 17.0. The van der Waals surface area contributed by atoms with Crippen LogP contribution in [0.4, 0.5) is 0 Å². The molecule has 1 saturated heterocycles. The molecule has 1 N–H and O–H groups in total. The predicted molar refractivity (Wildman–Crippen MR) is 120 cm³/mol. The van der Waals surface area contributed by atoms with E-state index < -0.39 is 0 Å². The summed E-state index contributed by atoms with van der Waals surface area (Å²) >= 11 is 0. The molecule has 3 rings (SSSR count). The SMILES string of the molecule is CCOC(=O)C1CCCN(C(=NC)NCc2cnn(-c3ccccc3)c2)C1.I. The number of esters is 1. The lowest BCUT2D eigenvalue weighted by Gasteiger charge is -2.33. The van der Waals surface area contributed by atoms with E-state index in [4.69, 9.17) is 4.74 Å². The van der Waals surface area contributed by atoms with E-state index in [1.165, 1.54) is 0 Å². The molecule has 1 aromatic heterocycles. The van der Waals surface area contributed by atoms with Gasteiger partial charge in [0.25, 0.3) is 0 Å². The molecule has 1 aromatic carbocycles. The second-order valence-corrected chi connectivity index (χ2v) is 6.57. The van der Waals surface area contributed by atoms with Gasteiger partial charge in [-0.2, -0.15) is 5.10 Å². The van der Waals surface area contributed by atoms with Gasteiger partial charge in [0.15, 0.2) is 5.96 Å². The summed E-state index contributed by atoms with van der Waals surface area (Å²) in [7, 11) is 1.77. The third-order valence-corrected chi connectivity index (χ3v) is 4.66. The van der Waals surface area contributed by atoms with E-state index in [0.717, 1.165) is 36.6 Å². The molecule has 152 valence electrons. The lowest BCUT2D eigenvalue weighted by atomic mass is 9.98. The van der Waals surface area contributed by atoms with E-state index in [9.17, 15) is 4.79 Å². The van der Waals surface area contributed by atoms with Crippen molar-refractivity contribution >= 4 is 35.9 Å². The lowest BCUT2D eigenvalue weighted by molar-refractivity contribution is -0.149. The van der Waals surface area contributed by atoms with Crippen LogP contribution in [0.1, 0.15) is 25.3 Å². The van der Waals surface area contributed by atoms with Gasteiger partial charge in [-0.25, -0.2) is 4.68 Å². The highest BCUT2D eigenvalue weighted by molar-refractivity contribution is 14.0. The average Bonchev–Trinajstić information content (AvgIpc) is 3.19. The number of nitrogens with zero attached hydrogens (tertiary/aromatic N) is 4. The summed E-state index contributed by atoms with van der Waals surface area (Å²) in [6.45, 7) is 4.42. The van der Waals surface area contributed by atoms with Crippen LogP contribution in [0.3, 0.4) is 0 Å². The fourth-order valence-electron chi connectivity index (χ4n) is 3.31. The summed E-state index contributed by atoms with van der Waals surface area (Å²) in [6, 6.07) is 10.0. The Hall–Kier alpha value is -2.10. The van der Waals surface area contributed by atoms with Gasteiger partial charge in [0.05, 0.1) is 24.4 Å². The smallest absolute Gasteiger partial charge is 0.310 e. The minimum Gasteiger partial charge on any atom is -0.466 e. The van der Waals surface area contributed by atoms with Gasteiger partial charge in [-0.1, -0.05) is 18.2 Å². The molecule has 1 fully saturated rings. The first kappa shape index (κ1) is 22.2. The monoisotopic (exact) mass is 497 g/mol. The number of benzene rings is 1. The van der Waals surface area contributed by atoms with Crippen molar-refractivity contribution in [3.63, 3.8) is 0 Å². The molecule has 0 amide bonds. The summed E-state index contributed by atoms with van der Waals surface area (Å²) in [5, 5.41) is 7.80. The first-order chi connectivity index (χ1) is 13.2. The Labute approximate surface area is 183 Å². The van der Waals surface area contributed by atoms with Crippen LogP contribution in [-0.4, -0.2) is 53.4 Å². The average molecular weight is 497 g/mol. The van der Waals surface area contributed by atoms with Crippen LogP contribution in [-0.2, 0) is 16.1 Å². The van der Waals surface area contributed by atoms with Crippen LogP contribution < -0.4 is 5.32 Å². The number of hydrogen-bond acceptors (Lipinski definition) is 4. The van der Waals surface area contributed by atoms with Gasteiger partial charge in [0.2, 0.25) is 0 Å². The molecule has 7 nitrogen and oxygen atoms in total. The number of nitrogens with one attached hydrogen (secondary N) is 1. The molecule has 2 aromatic rings. The second kappa shape index (κ2) is 11.0. The summed E-state index contributed by atoms with van der Waals surface area (Å²) in [5.41, 5.74) is 2.10. The van der Waals surface area contributed by atoms with Gasteiger partial charge in [-0.15, -0.1) is 24.0 Å². The van der Waals surface area contributed by atoms with Gasteiger partial charge in [-0.3, -0.25) is 9.79 Å². The highest BCUT2D eigenvalue weighted by Crippen LogP contribution is 2.18. The lowest BCUT2D eigenvalue weighted by Crippen LogP contribution is -2.48. The number of para-hydroxylation sites is 1. The fraction of sp³-hybridized carbons (Fsp3) is 0.450. The number of ether oxygens (including phenoxy) is 1. The summed E-state index contributed by atoms with van der Waals surface area (Å²) in [5.74, 6) is 0.608. The maximum Gasteiger partial charge on any atom is 0.310 e. The number of likely N-dealkylation sites (tertiary alicyclic amines) is 1. The molecule has 0 aliphatic carbocycles. The van der Waals surface area contributed by atoms with Crippen LogP contribution >= 0.6 is 24.0 Å². The Morgan fingerprint density at radius 2 is 2.14 bits per heavy atom. The Morgan fingerprint density at radius 1 is 1.36 bits per heavy atom. The minimum absolute atomic E-state index is 0. The fourth-order valence-corrected chi connectivity index (χ4v) is 3.31. The minimum atomic E-state index is -0.109. The molecule has 0 radical (unpaired) electrons. The third-order valence-electron chi connectivity index (χ3n) is 4.66. The van der Waals surface area contributed by atoms with Gasteiger partial charge in [-0.05, 0) is 31.9 Å². The van der Waals surface area contributed by atoms with Gasteiger partial charge < -0.3 is 15.0 Å². The Kier molecular flexibility index (Phi) is 8.75. The molecule has 1 atom stereocenters. The number of carbonyl (C=O) groups excluding carboxylic acids is 1. The number of hydrogen-bond donors (Lipinski definition) is 1. The van der Waals surface area contributed by atoms with E-state index in [-0.39, 0.29) is 35.9 Å². The van der Waals surface area contributed by atoms with Gasteiger partial charge >= 0.3 is 5.97 Å². The summed E-state index contributed by atoms with van der Waals surface area (Å²) in [6.07, 6.45) is 5.68. The Balaban J connectivity index is 0.00000280. The molecule has 2 heterocycles. The molecule has 0 saturated carbocycles. The molecule has 1 aliphatic heterocycles. The van der Waals surface area contributed by atoms with Crippen molar-refractivity contribution in [2.45, 2.75) is 26.3 Å². The number of aliphatic imine (C=N–C) groups is 1. The number of guanidine groups is 1. The largest absolute Gasteiger partial charge is 0.466 e. The van der Waals surface area contributed by atoms with Crippen molar-refractivity contribution < 1.29 is 9.53 Å². The van der Waals surface area contributed by atoms with Crippen molar-refractivity contribution in [2.75, 3.05) is 26.7 Å². The quantitative estimate of drug-likeness (QED) is 0.298. The number of piperidine rings is 1. The zero-order valence-electron chi connectivity index (χ0n) is 16.4. The second-order valence-electron chi connectivity index (χ2n) is 6.57. The summed E-state index contributed by atoms with van der Waals surface area (Å²) in [4.78, 5) is 18.6. The van der Waals surface area contributed by atoms with E-state index >= 15 is 0 Å². The van der Waals surface area contributed by atoms with Gasteiger partial charge in [0, 0.05) is 38.4 Å². The molecule has 0 bridgehead atoms. The molecule has 28 heavy (non-hydrogen) atoms. The first-order valence-electron chi connectivity index (χ1n) is 9.42. The highest BCUT2D eigenvalue weighted by atomic mass is 127. The van der Waals surface area contributed by atoms with Crippen molar-refractivity contribution in [1.29, 1.82) is 0 Å². The van der Waals surface area contributed by atoms with Crippen molar-refractivity contribution in [2.24, 2.45) is 10.9 Å². The van der Waals surface area contributed by atoms with Crippen LogP contribution in [0.5, 0.6) is 0 Å². The topological polar surface area (TPSA) is 71.8 Å². The maximum atomic E-state index is 12.1. The van der Waals surface area contributed by atoms with E-state index in [0.29, 0.717) is 19.7 Å². The van der Waals surface area contributed by atoms with Crippen LogP contribution in [0.25, 0.3) is 5.69 Å². The van der Waals surface area contributed by atoms with Crippen LogP contribution in [0, 0.1) is 5.92 Å². The molecule has 8 heteroatoms. The zero-order valence-corrected chi connectivity index (χ0v) is 18.7. The van der Waals surface area contributed by atoms with Crippen molar-refractivity contribution in [3.05, 3.63) is 48.3 Å². The van der Waals surface area contributed by atoms with Crippen molar-refractivity contribution in [3.8, 4) is 5.69 Å². The number of carbonyl (C=O) groups is 1. The molecular weight excluding hydrogens is 469 g/mol. The molecular formula is C20H28IN5O2. The number of aromatic nitrogens is 2. The molecule has 0 spiro atoms. The van der Waals surface area contributed by atoms with Crippen LogP contribution in [0.2, 0.25) is 0 Å². The number of halogens is 1. The zero-order chi connectivity index (χ0) is 19.1. The van der Waals surface area contributed by atoms with E-state index in [2.05, 4.69) is 20.3 Å². The Morgan fingerprint density at radius 3 is 2.86 bits per heavy atom.